The van der Waals surface area contributed by atoms with Crippen molar-refractivity contribution in [3.05, 3.63) is 66.3 Å². The van der Waals surface area contributed by atoms with Crippen molar-refractivity contribution in [3.8, 4) is 0 Å². The Balaban J connectivity index is 1.80. The predicted molar refractivity (Wildman–Crippen MR) is 102 cm³/mol. The highest BCUT2D eigenvalue weighted by Gasteiger charge is 2.57. The predicted octanol–water partition coefficient (Wildman–Crippen LogP) is 2.81. The summed E-state index contributed by atoms with van der Waals surface area (Å²) < 4.78 is 5.63. The van der Waals surface area contributed by atoms with E-state index in [1.807, 2.05) is 18.2 Å². The maximum Gasteiger partial charge on any atom is 0.260 e. The zero-order valence-corrected chi connectivity index (χ0v) is 15.1. The van der Waals surface area contributed by atoms with E-state index in [4.69, 9.17) is 10.2 Å². The molecule has 6 heteroatoms. The van der Waals surface area contributed by atoms with Crippen molar-refractivity contribution in [1.29, 1.82) is 0 Å². The van der Waals surface area contributed by atoms with E-state index in [1.165, 1.54) is 23.7 Å². The minimum Gasteiger partial charge on any atom is -0.466 e. The van der Waals surface area contributed by atoms with Gasteiger partial charge in [-0.25, -0.2) is 0 Å². The molecule has 1 aromatic carbocycles. The van der Waals surface area contributed by atoms with Gasteiger partial charge in [0.1, 0.15) is 5.76 Å². The number of hydrogen-bond acceptors (Lipinski definition) is 4. The lowest BCUT2D eigenvalue weighted by Crippen LogP contribution is -2.59. The number of carbonyl (C=O) groups excluding carboxylic acids is 2. The number of hydrogen-bond donors (Lipinski definition) is 2. The van der Waals surface area contributed by atoms with E-state index in [1.54, 1.807) is 24.3 Å². The van der Waals surface area contributed by atoms with Gasteiger partial charge in [-0.05, 0) is 37.1 Å². The molecule has 140 valence electrons. The maximum absolute atomic E-state index is 13.6. The van der Waals surface area contributed by atoms with Crippen LogP contribution in [0.15, 0.2) is 64.9 Å². The number of rotatable bonds is 4. The second-order valence-corrected chi connectivity index (χ2v) is 7.10. The van der Waals surface area contributed by atoms with Gasteiger partial charge in [0, 0.05) is 17.8 Å². The molecule has 1 aliphatic heterocycles. The molecular weight excluding hydrogens is 342 g/mol. The molecule has 1 atom stereocenters. The second-order valence-electron chi connectivity index (χ2n) is 7.10. The molecule has 0 saturated heterocycles. The molecule has 4 rings (SSSR count). The average Bonchev–Trinajstić information content (AvgIpc) is 3.29. The zero-order valence-electron chi connectivity index (χ0n) is 15.1. The van der Waals surface area contributed by atoms with Gasteiger partial charge >= 0.3 is 0 Å². The van der Waals surface area contributed by atoms with Crippen molar-refractivity contribution < 1.29 is 14.0 Å². The van der Waals surface area contributed by atoms with Crippen molar-refractivity contribution in [2.24, 2.45) is 5.73 Å². The van der Waals surface area contributed by atoms with Crippen LogP contribution in [0, 0.1) is 0 Å². The fourth-order valence-electron chi connectivity index (χ4n) is 4.11. The summed E-state index contributed by atoms with van der Waals surface area (Å²) in [5.41, 5.74) is 5.55. The molecule has 0 radical (unpaired) electrons. The van der Waals surface area contributed by atoms with Crippen LogP contribution in [0.1, 0.15) is 37.9 Å². The fraction of sp³-hybridized carbons (Fsp3) is 0.333. The van der Waals surface area contributed by atoms with Crippen molar-refractivity contribution in [1.82, 2.24) is 5.32 Å². The Morgan fingerprint density at radius 3 is 2.52 bits per heavy atom. The van der Waals surface area contributed by atoms with Crippen LogP contribution in [0.5, 0.6) is 0 Å². The van der Waals surface area contributed by atoms with E-state index >= 15 is 0 Å². The minimum absolute atomic E-state index is 0.0826. The first-order valence-electron chi connectivity index (χ1n) is 9.36. The second kappa shape index (κ2) is 6.95. The average molecular weight is 365 g/mol. The fourth-order valence-corrected chi connectivity index (χ4v) is 4.11. The van der Waals surface area contributed by atoms with Crippen LogP contribution in [0.25, 0.3) is 0 Å². The highest BCUT2D eigenvalue weighted by molar-refractivity contribution is 6.14. The van der Waals surface area contributed by atoms with Gasteiger partial charge in [0.2, 0.25) is 5.54 Å². The summed E-state index contributed by atoms with van der Waals surface area (Å²) in [6.45, 7) is 0. The van der Waals surface area contributed by atoms with Crippen molar-refractivity contribution in [2.75, 3.05) is 4.90 Å². The summed E-state index contributed by atoms with van der Waals surface area (Å²) in [5, 5.41) is 3.13. The highest BCUT2D eigenvalue weighted by Crippen LogP contribution is 2.42. The number of nitrogens with one attached hydrogen (secondary N) is 1. The molecule has 2 amide bonds. The standard InChI is InChI=1S/C21H23N3O3/c22-17-14-19(25)24(16-10-5-2-6-11-16)21(17,18-12-7-13-27-18)20(26)23-15-8-3-1-4-9-15/h2,5-7,10-15H,1,3-4,8-9,22H2,(H,23,26). The van der Waals surface area contributed by atoms with Crippen molar-refractivity contribution >= 4 is 17.5 Å². The third-order valence-corrected chi connectivity index (χ3v) is 5.41. The minimum atomic E-state index is -1.51. The van der Waals surface area contributed by atoms with Crippen LogP contribution in [-0.2, 0) is 15.1 Å². The third-order valence-electron chi connectivity index (χ3n) is 5.41. The summed E-state index contributed by atoms with van der Waals surface area (Å²) in [5.74, 6) is -0.332. The van der Waals surface area contributed by atoms with E-state index in [-0.39, 0.29) is 23.6 Å². The van der Waals surface area contributed by atoms with Crippen LogP contribution < -0.4 is 16.0 Å². The number of furan rings is 1. The van der Waals surface area contributed by atoms with Crippen LogP contribution in [0.4, 0.5) is 5.69 Å². The molecule has 1 aliphatic carbocycles. The van der Waals surface area contributed by atoms with Gasteiger partial charge in [0.15, 0.2) is 0 Å². The SMILES string of the molecule is NC1=CC(=O)N(c2ccccc2)C1(C(=O)NC1CCCCC1)c1ccco1. The van der Waals surface area contributed by atoms with Gasteiger partial charge in [-0.1, -0.05) is 37.5 Å². The van der Waals surface area contributed by atoms with Crippen molar-refractivity contribution in [2.45, 2.75) is 43.7 Å². The Morgan fingerprint density at radius 1 is 1.11 bits per heavy atom. The Labute approximate surface area is 158 Å². The molecule has 1 saturated carbocycles. The van der Waals surface area contributed by atoms with Crippen LogP contribution >= 0.6 is 0 Å². The Morgan fingerprint density at radius 2 is 1.85 bits per heavy atom. The zero-order chi connectivity index (χ0) is 18.9. The van der Waals surface area contributed by atoms with Gasteiger partial charge in [-0.15, -0.1) is 0 Å². The Hall–Kier alpha value is -3.02. The molecule has 1 aromatic heterocycles. The topological polar surface area (TPSA) is 88.6 Å². The summed E-state index contributed by atoms with van der Waals surface area (Å²) in [6.07, 6.45) is 8.04. The first-order valence-corrected chi connectivity index (χ1v) is 9.36. The number of amides is 2. The third kappa shape index (κ3) is 2.81. The largest absolute Gasteiger partial charge is 0.466 e. The number of carbonyl (C=O) groups is 2. The molecule has 2 aromatic rings. The van der Waals surface area contributed by atoms with Crippen molar-refractivity contribution in [3.63, 3.8) is 0 Å². The molecule has 6 nitrogen and oxygen atoms in total. The molecule has 0 spiro atoms. The van der Waals surface area contributed by atoms with Gasteiger partial charge < -0.3 is 15.5 Å². The molecule has 0 bridgehead atoms. The van der Waals surface area contributed by atoms with Gasteiger partial charge in [-0.2, -0.15) is 0 Å². The summed E-state index contributed by atoms with van der Waals surface area (Å²) in [7, 11) is 0. The van der Waals surface area contributed by atoms with E-state index in [9.17, 15) is 9.59 Å². The Bertz CT molecular complexity index is 854. The molecule has 1 fully saturated rings. The smallest absolute Gasteiger partial charge is 0.260 e. The lowest BCUT2D eigenvalue weighted by molar-refractivity contribution is -0.129. The Kier molecular flexibility index (Phi) is 4.48. The number of para-hydroxylation sites is 1. The molecule has 1 unspecified atom stereocenters. The first-order chi connectivity index (χ1) is 13.1. The summed E-state index contributed by atoms with van der Waals surface area (Å²) >= 11 is 0. The first kappa shape index (κ1) is 17.4. The van der Waals surface area contributed by atoms with Crippen LogP contribution in [0.3, 0.4) is 0 Å². The van der Waals surface area contributed by atoms with Crippen LogP contribution in [-0.4, -0.2) is 17.9 Å². The normalized spacial score (nSPS) is 23.3. The molecule has 2 heterocycles. The number of benzene rings is 1. The van der Waals surface area contributed by atoms with Crippen LogP contribution in [0.2, 0.25) is 0 Å². The molecule has 2 aliphatic rings. The molecule has 27 heavy (non-hydrogen) atoms. The van der Waals surface area contributed by atoms with Gasteiger partial charge in [0.05, 0.1) is 12.0 Å². The summed E-state index contributed by atoms with van der Waals surface area (Å²) in [4.78, 5) is 27.9. The lowest BCUT2D eigenvalue weighted by Gasteiger charge is -2.38. The lowest BCUT2D eigenvalue weighted by atomic mass is 9.88. The quantitative estimate of drug-likeness (QED) is 0.872. The van der Waals surface area contributed by atoms with E-state index in [0.717, 1.165) is 25.7 Å². The summed E-state index contributed by atoms with van der Waals surface area (Å²) in [6, 6.07) is 12.6. The number of anilines is 1. The van der Waals surface area contributed by atoms with E-state index in [2.05, 4.69) is 5.32 Å². The highest BCUT2D eigenvalue weighted by atomic mass is 16.3. The molecular formula is C21H23N3O3. The van der Waals surface area contributed by atoms with E-state index < -0.39 is 5.54 Å². The van der Waals surface area contributed by atoms with Gasteiger partial charge in [-0.3, -0.25) is 14.5 Å². The van der Waals surface area contributed by atoms with Gasteiger partial charge in [0.25, 0.3) is 11.8 Å². The molecule has 3 N–H and O–H groups in total. The monoisotopic (exact) mass is 365 g/mol. The van der Waals surface area contributed by atoms with E-state index in [0.29, 0.717) is 11.4 Å². The number of nitrogens with zero attached hydrogens (tertiary/aromatic N) is 1. The number of nitrogens with two attached hydrogens (primary N) is 1. The maximum atomic E-state index is 13.6.